The monoisotopic (exact) mass is 1420 g/mol. The van der Waals surface area contributed by atoms with E-state index in [0.29, 0.717) is 25.7 Å². The molecule has 0 saturated carbocycles. The first-order chi connectivity index (χ1) is 46.6. The van der Waals surface area contributed by atoms with Gasteiger partial charge in [-0.3, -0.25) is 0 Å². The second-order valence-corrected chi connectivity index (χ2v) is 28.4. The third-order valence-corrected chi connectivity index (χ3v) is 18.8. The molecular formula is C80H130CaO14S2. The minimum Gasteiger partial charge on any atom is -0.744 e. The summed E-state index contributed by atoms with van der Waals surface area (Å²) in [4.78, 5) is 50.1. The Bertz CT molecular complexity index is 2470. The zero-order chi connectivity index (χ0) is 70.3. The van der Waals surface area contributed by atoms with Crippen molar-refractivity contribution in [2.45, 2.75) is 346 Å². The number of hydrogen-bond acceptors (Lipinski definition) is 14. The average molecular weight is 1420 g/mol. The molecule has 0 spiro atoms. The summed E-state index contributed by atoms with van der Waals surface area (Å²) >= 11 is 0. The van der Waals surface area contributed by atoms with Crippen molar-refractivity contribution in [1.29, 1.82) is 0 Å². The molecule has 14 nitrogen and oxygen atoms in total. The number of benzene rings is 2. The standard InChI is InChI=1S/2C40H66O7S.Ca/c2*1-3-5-7-9-11-13-15-17-19-21-23-25-27-29-34-46-39(41)36-32-31-33-37(48(43,44)45)38(36)40(42)47-35-30-28-26-24-22-20-18-16-14-12-10-8-6-4-2;/h2*15-18,31-33H,3-14,19-30,34-35H2,1-2H3,(H,43,44,45);/q;;+2/p-2/b2*17-15+,18-16+;. The van der Waals surface area contributed by atoms with Crippen molar-refractivity contribution >= 4 is 81.9 Å². The van der Waals surface area contributed by atoms with Gasteiger partial charge in [0.1, 0.15) is 20.2 Å². The van der Waals surface area contributed by atoms with Crippen LogP contribution in [0.15, 0.2) is 94.8 Å². The van der Waals surface area contributed by atoms with E-state index in [1.807, 2.05) is 0 Å². The zero-order valence-corrected chi connectivity index (χ0v) is 64.9. The van der Waals surface area contributed by atoms with Gasteiger partial charge in [-0.2, -0.15) is 0 Å². The van der Waals surface area contributed by atoms with Crippen LogP contribution in [0.5, 0.6) is 0 Å². The Morgan fingerprint density at radius 3 is 0.680 bits per heavy atom. The first-order valence-electron chi connectivity index (χ1n) is 38.1. The summed E-state index contributed by atoms with van der Waals surface area (Å²) in [5, 5.41) is 0. The third-order valence-electron chi connectivity index (χ3n) is 17.0. The van der Waals surface area contributed by atoms with Gasteiger partial charge in [-0.25, -0.2) is 36.0 Å². The van der Waals surface area contributed by atoms with Crippen LogP contribution in [0.2, 0.25) is 0 Å². The fourth-order valence-corrected chi connectivity index (χ4v) is 12.6. The molecule has 2 aromatic rings. The van der Waals surface area contributed by atoms with E-state index in [0.717, 1.165) is 166 Å². The van der Waals surface area contributed by atoms with Crippen molar-refractivity contribution in [1.82, 2.24) is 0 Å². The van der Waals surface area contributed by atoms with Crippen LogP contribution in [0.4, 0.5) is 0 Å². The van der Waals surface area contributed by atoms with Crippen molar-refractivity contribution in [3.63, 3.8) is 0 Å². The van der Waals surface area contributed by atoms with Crippen LogP contribution in [0.1, 0.15) is 377 Å². The summed E-state index contributed by atoms with van der Waals surface area (Å²) in [6.07, 6.45) is 72.2. The molecule has 0 N–H and O–H groups in total. The van der Waals surface area contributed by atoms with Gasteiger partial charge in [0.05, 0.1) is 58.5 Å². The molecule has 0 aliphatic carbocycles. The molecule has 0 unspecified atom stereocenters. The summed E-state index contributed by atoms with van der Waals surface area (Å²) in [6, 6.07) is 7.18. The maximum Gasteiger partial charge on any atom is 2.00 e. The Labute approximate surface area is 620 Å². The van der Waals surface area contributed by atoms with E-state index < -0.39 is 65.0 Å². The van der Waals surface area contributed by atoms with E-state index in [9.17, 15) is 45.1 Å². The van der Waals surface area contributed by atoms with Crippen LogP contribution < -0.4 is 0 Å². The van der Waals surface area contributed by atoms with Gasteiger partial charge in [-0.1, -0.05) is 268 Å². The van der Waals surface area contributed by atoms with Crippen LogP contribution in [0, 0.1) is 0 Å². The normalized spacial score (nSPS) is 11.8. The van der Waals surface area contributed by atoms with Crippen LogP contribution in [-0.4, -0.2) is 114 Å². The molecule has 0 aliphatic rings. The number of esters is 4. The van der Waals surface area contributed by atoms with Crippen molar-refractivity contribution in [2.75, 3.05) is 26.4 Å². The van der Waals surface area contributed by atoms with E-state index in [2.05, 4.69) is 76.3 Å². The molecule has 0 aromatic heterocycles. The largest absolute Gasteiger partial charge is 2.00 e. The zero-order valence-electron chi connectivity index (χ0n) is 61.1. The molecule has 2 rings (SSSR count). The van der Waals surface area contributed by atoms with Crippen molar-refractivity contribution in [2.24, 2.45) is 0 Å². The Kier molecular flexibility index (Phi) is 63.2. The Hall–Kier alpha value is -3.64. The molecule has 17 heteroatoms. The SMILES string of the molecule is CCCCCCC/C=C/CCCCCCCOC(=O)c1cccc(S(=O)(=O)[O-])c1C(=O)OCCCCCCC/C=C/CCCCCCC.CCCCCCC/C=C/CCCCCCCOC(=O)c1cccc(S(=O)(=O)[O-])c1C(=O)OCCCCCCC/C=C/CCCCCCC.[Ca+2]. The molecule has 0 fully saturated rings. The molecular weight excluding hydrogens is 1290 g/mol. The number of ether oxygens (including phenoxy) is 4. The van der Waals surface area contributed by atoms with Crippen molar-refractivity contribution in [3.05, 3.63) is 107 Å². The van der Waals surface area contributed by atoms with Crippen LogP contribution >= 0.6 is 0 Å². The quantitative estimate of drug-likeness (QED) is 0.0150. The molecule has 0 bridgehead atoms. The number of carbonyl (C=O) groups is 4. The van der Waals surface area contributed by atoms with Gasteiger partial charge in [0.25, 0.3) is 0 Å². The molecule has 97 heavy (non-hydrogen) atoms. The predicted molar refractivity (Wildman–Crippen MR) is 397 cm³/mol. The van der Waals surface area contributed by atoms with Gasteiger partial charge < -0.3 is 28.1 Å². The summed E-state index contributed by atoms with van der Waals surface area (Å²) in [7, 11) is -10.0. The van der Waals surface area contributed by atoms with Crippen LogP contribution in [0.25, 0.3) is 0 Å². The predicted octanol–water partition coefficient (Wildman–Crippen LogP) is 22.5. The maximum absolute atomic E-state index is 12.9. The molecule has 548 valence electrons. The van der Waals surface area contributed by atoms with E-state index in [1.54, 1.807) is 0 Å². The number of allylic oxidation sites excluding steroid dienone is 8. The first-order valence-corrected chi connectivity index (χ1v) is 40.9. The minimum atomic E-state index is -5.01. The summed E-state index contributed by atoms with van der Waals surface area (Å²) in [5.74, 6) is -3.67. The summed E-state index contributed by atoms with van der Waals surface area (Å²) in [6.45, 7) is 9.37. The first kappa shape index (κ1) is 93.4. The maximum atomic E-state index is 12.9. The molecule has 0 amide bonds. The smallest absolute Gasteiger partial charge is 0.744 e. The average Bonchev–Trinajstić information content (AvgIpc) is 0.804. The van der Waals surface area contributed by atoms with Gasteiger partial charge in [0.2, 0.25) is 0 Å². The van der Waals surface area contributed by atoms with Gasteiger partial charge >= 0.3 is 61.6 Å². The second kappa shape index (κ2) is 65.7. The molecule has 0 heterocycles. The Balaban J connectivity index is 0.00000188. The molecule has 0 saturated heterocycles. The van der Waals surface area contributed by atoms with Crippen LogP contribution in [0.3, 0.4) is 0 Å². The molecule has 0 radical (unpaired) electrons. The number of carbonyl (C=O) groups excluding carboxylic acids is 4. The van der Waals surface area contributed by atoms with Crippen molar-refractivity contribution < 1.29 is 64.1 Å². The van der Waals surface area contributed by atoms with E-state index >= 15 is 0 Å². The van der Waals surface area contributed by atoms with E-state index in [-0.39, 0.29) is 75.3 Å². The molecule has 2 aromatic carbocycles. The number of hydrogen-bond donors (Lipinski definition) is 0. The topological polar surface area (TPSA) is 220 Å². The van der Waals surface area contributed by atoms with Gasteiger partial charge in [0.15, 0.2) is 0 Å². The number of rotatable bonds is 62. The Morgan fingerprint density at radius 2 is 0.474 bits per heavy atom. The fraction of sp³-hybridized carbons (Fsp3) is 0.700. The summed E-state index contributed by atoms with van der Waals surface area (Å²) < 4.78 is 93.0. The molecule has 0 atom stereocenters. The van der Waals surface area contributed by atoms with E-state index in [1.165, 1.54) is 153 Å². The van der Waals surface area contributed by atoms with Gasteiger partial charge in [-0.05, 0) is 153 Å². The van der Waals surface area contributed by atoms with Gasteiger partial charge in [0, 0.05) is 0 Å². The van der Waals surface area contributed by atoms with Crippen LogP contribution in [-0.2, 0) is 39.2 Å². The second-order valence-electron chi connectivity index (χ2n) is 25.7. The summed E-state index contributed by atoms with van der Waals surface area (Å²) in [5.41, 5.74) is -1.60. The minimum absolute atomic E-state index is 0. The van der Waals surface area contributed by atoms with E-state index in [4.69, 9.17) is 18.9 Å². The van der Waals surface area contributed by atoms with Gasteiger partial charge in [-0.15, -0.1) is 0 Å². The Morgan fingerprint density at radius 1 is 0.289 bits per heavy atom. The molecule has 0 aliphatic heterocycles. The number of unbranched alkanes of at least 4 members (excludes halogenated alkanes) is 40. The third kappa shape index (κ3) is 52.1. The fourth-order valence-electron chi connectivity index (χ4n) is 11.2. The van der Waals surface area contributed by atoms with Crippen molar-refractivity contribution in [3.8, 4) is 0 Å².